The maximum absolute atomic E-state index is 12.8. The molecule has 36 heavy (non-hydrogen) atoms. The number of amides is 2. The van der Waals surface area contributed by atoms with E-state index >= 15 is 0 Å². The Balaban J connectivity index is 1.37. The van der Waals surface area contributed by atoms with Gasteiger partial charge < -0.3 is 20.3 Å². The lowest BCUT2D eigenvalue weighted by Crippen LogP contribution is -2.51. The summed E-state index contributed by atoms with van der Waals surface area (Å²) in [6.45, 7) is 1.63. The van der Waals surface area contributed by atoms with E-state index in [1.807, 2.05) is 48.5 Å². The van der Waals surface area contributed by atoms with Gasteiger partial charge in [0.05, 0.1) is 0 Å². The number of phenolic OH excluding ortho intramolecular Hbond substituents is 1. The molecule has 2 atom stereocenters. The van der Waals surface area contributed by atoms with Crippen molar-refractivity contribution in [1.82, 2.24) is 10.2 Å². The van der Waals surface area contributed by atoms with Crippen molar-refractivity contribution in [3.05, 3.63) is 89.5 Å². The normalized spacial score (nSPS) is 13.7. The zero-order chi connectivity index (χ0) is 25.8. The third-order valence-corrected chi connectivity index (χ3v) is 6.58. The Hall–Kier alpha value is -4.33. The number of hydrogen-bond donors (Lipinski definition) is 3. The van der Waals surface area contributed by atoms with Crippen LogP contribution in [0.3, 0.4) is 0 Å². The Morgan fingerprint density at radius 3 is 2.06 bits per heavy atom. The minimum absolute atomic E-state index is 0.0305. The van der Waals surface area contributed by atoms with E-state index in [2.05, 4.69) is 5.32 Å². The van der Waals surface area contributed by atoms with E-state index in [9.17, 15) is 24.6 Å². The van der Waals surface area contributed by atoms with Crippen LogP contribution in [0.25, 0.3) is 11.1 Å². The third-order valence-electron chi connectivity index (χ3n) is 6.58. The van der Waals surface area contributed by atoms with Crippen LogP contribution >= 0.6 is 0 Å². The van der Waals surface area contributed by atoms with Crippen molar-refractivity contribution in [2.24, 2.45) is 0 Å². The van der Waals surface area contributed by atoms with E-state index in [1.54, 1.807) is 12.1 Å². The van der Waals surface area contributed by atoms with Gasteiger partial charge in [-0.15, -0.1) is 0 Å². The third kappa shape index (κ3) is 5.17. The van der Waals surface area contributed by atoms with E-state index in [0.717, 1.165) is 27.2 Å². The van der Waals surface area contributed by atoms with E-state index in [0.29, 0.717) is 5.56 Å². The number of fused-ring (bicyclic) bond motifs is 3. The fourth-order valence-electron chi connectivity index (χ4n) is 4.39. The molecule has 8 heteroatoms. The standard InChI is InChI=1S/C28H28N2O6/c1-17(26(32)29-25(27(33)34)15-18-11-13-19(31)14-12-18)30(2)28(35)36-16-24-22-9-5-3-7-20(22)21-8-4-6-10-23(21)24/h3-14,17,24-25,31H,15-16H2,1-2H3,(H,29,32)(H,33,34)/t17-,25-/m0/s1. The van der Waals surface area contributed by atoms with E-state index in [1.165, 1.54) is 26.1 Å². The van der Waals surface area contributed by atoms with E-state index in [-0.39, 0.29) is 24.7 Å². The van der Waals surface area contributed by atoms with Crippen molar-refractivity contribution in [3.8, 4) is 16.9 Å². The van der Waals surface area contributed by atoms with Crippen molar-refractivity contribution in [2.45, 2.75) is 31.3 Å². The molecule has 0 heterocycles. The predicted octanol–water partition coefficient (Wildman–Crippen LogP) is 3.77. The van der Waals surface area contributed by atoms with Gasteiger partial charge in [0, 0.05) is 19.4 Å². The van der Waals surface area contributed by atoms with Crippen LogP contribution in [0, 0.1) is 0 Å². The van der Waals surface area contributed by atoms with Crippen LogP contribution in [0.5, 0.6) is 5.75 Å². The topological polar surface area (TPSA) is 116 Å². The first-order chi connectivity index (χ1) is 17.3. The molecule has 1 aliphatic carbocycles. The maximum atomic E-state index is 12.8. The summed E-state index contributed by atoms with van der Waals surface area (Å²) in [5.41, 5.74) is 5.03. The van der Waals surface area contributed by atoms with Gasteiger partial charge in [-0.1, -0.05) is 60.7 Å². The minimum Gasteiger partial charge on any atom is -0.508 e. The Morgan fingerprint density at radius 1 is 0.944 bits per heavy atom. The number of carboxylic acid groups (broad SMARTS) is 1. The van der Waals surface area contributed by atoms with Gasteiger partial charge >= 0.3 is 12.1 Å². The fourth-order valence-corrected chi connectivity index (χ4v) is 4.39. The average Bonchev–Trinajstić information content (AvgIpc) is 3.20. The Morgan fingerprint density at radius 2 is 1.50 bits per heavy atom. The first-order valence-electron chi connectivity index (χ1n) is 11.6. The molecule has 3 aromatic carbocycles. The summed E-state index contributed by atoms with van der Waals surface area (Å²) in [6, 6.07) is 19.9. The van der Waals surface area contributed by atoms with Crippen LogP contribution in [0.4, 0.5) is 4.79 Å². The van der Waals surface area contributed by atoms with Crippen LogP contribution < -0.4 is 5.32 Å². The Bertz CT molecular complexity index is 1230. The van der Waals surface area contributed by atoms with Gasteiger partial charge in [0.2, 0.25) is 5.91 Å². The number of carboxylic acids is 1. The summed E-state index contributed by atoms with van der Waals surface area (Å²) in [5, 5.41) is 21.5. The number of rotatable bonds is 8. The zero-order valence-electron chi connectivity index (χ0n) is 20.0. The van der Waals surface area contributed by atoms with Crippen LogP contribution in [0.2, 0.25) is 0 Å². The number of nitrogens with one attached hydrogen (secondary N) is 1. The summed E-state index contributed by atoms with van der Waals surface area (Å²) in [4.78, 5) is 38.4. The fraction of sp³-hybridized carbons (Fsp3) is 0.250. The largest absolute Gasteiger partial charge is 0.508 e. The molecule has 0 aliphatic heterocycles. The number of likely N-dealkylation sites (N-methyl/N-ethyl adjacent to an activating group) is 1. The Labute approximate surface area is 209 Å². The summed E-state index contributed by atoms with van der Waals surface area (Å²) in [7, 11) is 1.44. The SMILES string of the molecule is C[C@@H](C(=O)N[C@@H](Cc1ccc(O)cc1)C(=O)O)N(C)C(=O)OCC1c2ccccc2-c2ccccc21. The molecule has 2 amide bonds. The number of hydrogen-bond acceptors (Lipinski definition) is 5. The smallest absolute Gasteiger partial charge is 0.410 e. The number of benzene rings is 3. The highest BCUT2D eigenvalue weighted by Gasteiger charge is 2.31. The second kappa shape index (κ2) is 10.5. The van der Waals surface area contributed by atoms with Crippen LogP contribution in [-0.2, 0) is 20.7 Å². The second-order valence-corrected chi connectivity index (χ2v) is 8.86. The monoisotopic (exact) mass is 488 g/mol. The van der Waals surface area contributed by atoms with Crippen molar-refractivity contribution in [3.63, 3.8) is 0 Å². The molecule has 4 rings (SSSR count). The van der Waals surface area contributed by atoms with Crippen molar-refractivity contribution in [1.29, 1.82) is 0 Å². The van der Waals surface area contributed by atoms with Crippen LogP contribution in [0.1, 0.15) is 29.5 Å². The van der Waals surface area contributed by atoms with Gasteiger partial charge in [-0.25, -0.2) is 9.59 Å². The highest BCUT2D eigenvalue weighted by Crippen LogP contribution is 2.44. The number of carbonyl (C=O) groups is 3. The lowest BCUT2D eigenvalue weighted by atomic mass is 9.98. The molecule has 1 aliphatic rings. The highest BCUT2D eigenvalue weighted by molar-refractivity contribution is 5.89. The number of ether oxygens (including phenoxy) is 1. The average molecular weight is 489 g/mol. The number of carbonyl (C=O) groups excluding carboxylic acids is 2. The molecule has 3 aromatic rings. The molecule has 0 unspecified atom stereocenters. The number of nitrogens with zero attached hydrogens (tertiary/aromatic N) is 1. The molecule has 0 bridgehead atoms. The molecule has 8 nitrogen and oxygen atoms in total. The summed E-state index contributed by atoms with van der Waals surface area (Å²) in [5.74, 6) is -1.86. The molecular weight excluding hydrogens is 460 g/mol. The number of phenols is 1. The predicted molar refractivity (Wildman–Crippen MR) is 134 cm³/mol. The molecular formula is C28H28N2O6. The van der Waals surface area contributed by atoms with Crippen molar-refractivity contribution in [2.75, 3.05) is 13.7 Å². The van der Waals surface area contributed by atoms with E-state index < -0.39 is 30.1 Å². The van der Waals surface area contributed by atoms with Gasteiger partial charge in [0.1, 0.15) is 24.4 Å². The second-order valence-electron chi connectivity index (χ2n) is 8.86. The highest BCUT2D eigenvalue weighted by atomic mass is 16.6. The lowest BCUT2D eigenvalue weighted by Gasteiger charge is -2.26. The van der Waals surface area contributed by atoms with Crippen molar-refractivity contribution < 1.29 is 29.3 Å². The molecule has 0 aromatic heterocycles. The van der Waals surface area contributed by atoms with Gasteiger partial charge in [0.25, 0.3) is 0 Å². The molecule has 3 N–H and O–H groups in total. The van der Waals surface area contributed by atoms with Gasteiger partial charge in [-0.2, -0.15) is 0 Å². The van der Waals surface area contributed by atoms with E-state index in [4.69, 9.17) is 4.74 Å². The molecule has 186 valence electrons. The van der Waals surface area contributed by atoms with Crippen molar-refractivity contribution >= 4 is 18.0 Å². The minimum atomic E-state index is -1.20. The number of aliphatic carboxylic acids is 1. The van der Waals surface area contributed by atoms with Gasteiger partial charge in [-0.3, -0.25) is 9.69 Å². The lowest BCUT2D eigenvalue weighted by molar-refractivity contribution is -0.142. The van der Waals surface area contributed by atoms with Crippen LogP contribution in [-0.4, -0.2) is 58.8 Å². The molecule has 0 fully saturated rings. The van der Waals surface area contributed by atoms with Gasteiger partial charge in [-0.05, 0) is 46.9 Å². The quantitative estimate of drug-likeness (QED) is 0.445. The van der Waals surface area contributed by atoms with Gasteiger partial charge in [0.15, 0.2) is 0 Å². The summed E-state index contributed by atoms with van der Waals surface area (Å²) >= 11 is 0. The molecule has 0 saturated heterocycles. The Kier molecular flexibility index (Phi) is 7.24. The first-order valence-corrected chi connectivity index (χ1v) is 11.6. The molecule has 0 radical (unpaired) electrons. The first kappa shape index (κ1) is 24.8. The maximum Gasteiger partial charge on any atom is 0.410 e. The summed E-state index contributed by atoms with van der Waals surface area (Å²) in [6.07, 6.45) is -0.646. The molecule has 0 saturated carbocycles. The number of aromatic hydroxyl groups is 1. The molecule has 0 spiro atoms. The zero-order valence-corrected chi connectivity index (χ0v) is 20.0. The summed E-state index contributed by atoms with van der Waals surface area (Å²) < 4.78 is 5.60. The van der Waals surface area contributed by atoms with Crippen LogP contribution in [0.15, 0.2) is 72.8 Å².